The molecule has 9 heteroatoms. The number of carbonyl (C=O) groups excluding carboxylic acids is 2. The number of carbonyl (C=O) groups is 2. The van der Waals surface area contributed by atoms with Gasteiger partial charge in [0.05, 0.1) is 17.4 Å². The number of ether oxygens (including phenoxy) is 2. The number of hydrogen-bond donors (Lipinski definition) is 1. The van der Waals surface area contributed by atoms with Crippen LogP contribution in [0.15, 0.2) is 24.3 Å². The summed E-state index contributed by atoms with van der Waals surface area (Å²) in [6.45, 7) is 2.47. The minimum Gasteiger partial charge on any atom is -0.480 e. The molecule has 3 rings (SSSR count). The van der Waals surface area contributed by atoms with Crippen LogP contribution in [0.5, 0.6) is 5.88 Å². The number of rotatable bonds is 7. The fourth-order valence-corrected chi connectivity index (χ4v) is 4.09. The van der Waals surface area contributed by atoms with E-state index < -0.39 is 0 Å². The van der Waals surface area contributed by atoms with Crippen LogP contribution in [0.1, 0.15) is 37.0 Å². The molecule has 0 saturated carbocycles. The molecule has 0 aliphatic carbocycles. The Morgan fingerprint density at radius 1 is 1.13 bits per heavy atom. The van der Waals surface area contributed by atoms with E-state index in [1.807, 2.05) is 19.1 Å². The summed E-state index contributed by atoms with van der Waals surface area (Å²) in [5.74, 6) is 0.678. The molecular weight excluding hydrogens is 404 g/mol. The Morgan fingerprint density at radius 2 is 1.83 bits per heavy atom. The smallest absolute Gasteiger partial charge is 0.261 e. The third kappa shape index (κ3) is 4.42. The van der Waals surface area contributed by atoms with E-state index in [9.17, 15) is 9.59 Å². The fourth-order valence-electron chi connectivity index (χ4n) is 2.99. The number of aromatic nitrogens is 2. The van der Waals surface area contributed by atoms with Gasteiger partial charge < -0.3 is 19.7 Å². The summed E-state index contributed by atoms with van der Waals surface area (Å²) < 4.78 is 10.5. The van der Waals surface area contributed by atoms with Gasteiger partial charge in [-0.2, -0.15) is 4.98 Å². The second-order valence-corrected chi connectivity index (χ2v) is 7.90. The molecule has 3 aromatic rings. The van der Waals surface area contributed by atoms with Crippen molar-refractivity contribution in [3.05, 3.63) is 51.7 Å². The molecule has 2 aromatic heterocycles. The quantitative estimate of drug-likeness (QED) is 0.622. The third-order valence-electron chi connectivity index (χ3n) is 4.54. The van der Waals surface area contributed by atoms with Crippen LogP contribution in [0.4, 0.5) is 0 Å². The summed E-state index contributed by atoms with van der Waals surface area (Å²) in [7, 11) is 6.53. The van der Waals surface area contributed by atoms with E-state index in [2.05, 4.69) is 15.3 Å². The van der Waals surface area contributed by atoms with Gasteiger partial charge in [0.25, 0.3) is 11.8 Å². The monoisotopic (exact) mass is 428 g/mol. The van der Waals surface area contributed by atoms with Gasteiger partial charge in [0.15, 0.2) is 5.82 Å². The predicted molar refractivity (Wildman–Crippen MR) is 115 cm³/mol. The predicted octanol–water partition coefficient (Wildman–Crippen LogP) is 2.79. The highest BCUT2D eigenvalue weighted by molar-refractivity contribution is 7.20. The standard InChI is InChI=1S/C21H24N4O4S/c1-12-16-19(29-5)23-15(11-28-4)24-20(16)30-17(12)18(26)22-10-13-6-8-14(9-7-13)21(27)25(2)3/h6-9H,10-11H2,1-5H3,(H,22,26). The molecule has 0 unspecified atom stereocenters. The molecule has 158 valence electrons. The number of hydrogen-bond acceptors (Lipinski definition) is 7. The average molecular weight is 429 g/mol. The summed E-state index contributed by atoms with van der Waals surface area (Å²) >= 11 is 1.30. The molecule has 8 nitrogen and oxygen atoms in total. The zero-order chi connectivity index (χ0) is 21.8. The normalized spacial score (nSPS) is 10.8. The maximum atomic E-state index is 12.8. The van der Waals surface area contributed by atoms with Crippen molar-refractivity contribution in [1.29, 1.82) is 0 Å². The lowest BCUT2D eigenvalue weighted by Crippen LogP contribution is -2.23. The summed E-state index contributed by atoms with van der Waals surface area (Å²) in [4.78, 5) is 36.4. The molecule has 30 heavy (non-hydrogen) atoms. The second-order valence-electron chi connectivity index (χ2n) is 6.90. The van der Waals surface area contributed by atoms with Crippen LogP contribution in [-0.4, -0.2) is 55.0 Å². The molecule has 0 saturated heterocycles. The highest BCUT2D eigenvalue weighted by Gasteiger charge is 2.21. The number of thiophene rings is 1. The number of aryl methyl sites for hydroxylation is 1. The van der Waals surface area contributed by atoms with Gasteiger partial charge in [-0.3, -0.25) is 9.59 Å². The van der Waals surface area contributed by atoms with Gasteiger partial charge in [-0.05, 0) is 30.2 Å². The summed E-state index contributed by atoms with van der Waals surface area (Å²) in [5, 5.41) is 3.66. The van der Waals surface area contributed by atoms with Gasteiger partial charge in [-0.15, -0.1) is 11.3 Å². The molecule has 0 aliphatic heterocycles. The molecule has 0 spiro atoms. The number of benzene rings is 1. The minimum atomic E-state index is -0.195. The summed E-state index contributed by atoms with van der Waals surface area (Å²) in [5.41, 5.74) is 2.28. The van der Waals surface area contributed by atoms with Crippen LogP contribution in [0, 0.1) is 6.92 Å². The second kappa shape index (κ2) is 9.19. The number of methoxy groups -OCH3 is 2. The van der Waals surface area contributed by atoms with E-state index in [1.54, 1.807) is 40.4 Å². The van der Waals surface area contributed by atoms with Crippen molar-refractivity contribution in [3.8, 4) is 5.88 Å². The zero-order valence-electron chi connectivity index (χ0n) is 17.6. The van der Waals surface area contributed by atoms with Crippen LogP contribution in [0.3, 0.4) is 0 Å². The Morgan fingerprint density at radius 3 is 2.43 bits per heavy atom. The Labute approximate surface area is 178 Å². The Bertz CT molecular complexity index is 1080. The maximum absolute atomic E-state index is 12.8. The van der Waals surface area contributed by atoms with Gasteiger partial charge in [-0.25, -0.2) is 4.98 Å². The van der Waals surface area contributed by atoms with E-state index in [-0.39, 0.29) is 18.4 Å². The maximum Gasteiger partial charge on any atom is 0.261 e. The lowest BCUT2D eigenvalue weighted by molar-refractivity contribution is 0.0827. The van der Waals surface area contributed by atoms with Gasteiger partial charge in [0.1, 0.15) is 11.4 Å². The van der Waals surface area contributed by atoms with E-state index in [0.717, 1.165) is 16.5 Å². The first-order chi connectivity index (χ1) is 14.3. The molecular formula is C21H24N4O4S. The number of nitrogens with zero attached hydrogens (tertiary/aromatic N) is 3. The number of nitrogens with one attached hydrogen (secondary N) is 1. The minimum absolute atomic E-state index is 0.0608. The first-order valence-corrected chi connectivity index (χ1v) is 10.1. The highest BCUT2D eigenvalue weighted by Crippen LogP contribution is 2.35. The average Bonchev–Trinajstić information content (AvgIpc) is 3.08. The lowest BCUT2D eigenvalue weighted by Gasteiger charge is -2.10. The van der Waals surface area contributed by atoms with Crippen LogP contribution in [0.2, 0.25) is 0 Å². The van der Waals surface area contributed by atoms with Crippen molar-refractivity contribution in [3.63, 3.8) is 0 Å². The van der Waals surface area contributed by atoms with Crippen molar-refractivity contribution in [1.82, 2.24) is 20.2 Å². The highest BCUT2D eigenvalue weighted by atomic mass is 32.1. The summed E-state index contributed by atoms with van der Waals surface area (Å²) in [6, 6.07) is 7.18. The topological polar surface area (TPSA) is 93.7 Å². The molecule has 2 heterocycles. The van der Waals surface area contributed by atoms with Gasteiger partial charge in [0.2, 0.25) is 5.88 Å². The van der Waals surface area contributed by atoms with Gasteiger partial charge >= 0.3 is 0 Å². The fraction of sp³-hybridized carbons (Fsp3) is 0.333. The molecule has 0 radical (unpaired) electrons. The SMILES string of the molecule is COCc1nc(OC)c2c(C)c(C(=O)NCc3ccc(C(=O)N(C)C)cc3)sc2n1. The van der Waals surface area contributed by atoms with Crippen molar-refractivity contribution < 1.29 is 19.1 Å². The van der Waals surface area contributed by atoms with Crippen LogP contribution >= 0.6 is 11.3 Å². The van der Waals surface area contributed by atoms with Crippen LogP contribution < -0.4 is 10.1 Å². The van der Waals surface area contributed by atoms with E-state index in [1.165, 1.54) is 16.2 Å². The van der Waals surface area contributed by atoms with Gasteiger partial charge in [0, 0.05) is 33.3 Å². The molecule has 1 N–H and O–H groups in total. The van der Waals surface area contributed by atoms with E-state index in [0.29, 0.717) is 33.5 Å². The Hall–Kier alpha value is -3.04. The molecule has 0 atom stereocenters. The first kappa shape index (κ1) is 21.7. The van der Waals surface area contributed by atoms with Crippen molar-refractivity contribution in [2.45, 2.75) is 20.1 Å². The van der Waals surface area contributed by atoms with Crippen molar-refractivity contribution in [2.24, 2.45) is 0 Å². The Balaban J connectivity index is 1.78. The molecule has 0 bridgehead atoms. The third-order valence-corrected chi connectivity index (χ3v) is 5.72. The zero-order valence-corrected chi connectivity index (χ0v) is 18.4. The molecule has 2 amide bonds. The largest absolute Gasteiger partial charge is 0.480 e. The van der Waals surface area contributed by atoms with Gasteiger partial charge in [-0.1, -0.05) is 12.1 Å². The van der Waals surface area contributed by atoms with Crippen molar-refractivity contribution >= 4 is 33.4 Å². The molecule has 0 aliphatic rings. The van der Waals surface area contributed by atoms with Crippen LogP contribution in [0.25, 0.3) is 10.2 Å². The Kier molecular flexibility index (Phi) is 6.63. The summed E-state index contributed by atoms with van der Waals surface area (Å²) in [6.07, 6.45) is 0. The lowest BCUT2D eigenvalue weighted by atomic mass is 10.1. The van der Waals surface area contributed by atoms with Crippen molar-refractivity contribution in [2.75, 3.05) is 28.3 Å². The molecule has 0 fully saturated rings. The number of fused-ring (bicyclic) bond motifs is 1. The van der Waals surface area contributed by atoms with E-state index in [4.69, 9.17) is 9.47 Å². The first-order valence-electron chi connectivity index (χ1n) is 9.27. The molecule has 1 aromatic carbocycles. The van der Waals surface area contributed by atoms with E-state index >= 15 is 0 Å². The number of amides is 2. The van der Waals surface area contributed by atoms with Crippen LogP contribution in [-0.2, 0) is 17.9 Å².